The van der Waals surface area contributed by atoms with Crippen molar-refractivity contribution in [2.75, 3.05) is 51.7 Å². The molecule has 2 N–H and O–H groups in total. The quantitative estimate of drug-likeness (QED) is 0.573. The Morgan fingerprint density at radius 2 is 1.75 bits per heavy atom. The van der Waals surface area contributed by atoms with Crippen LogP contribution in [0.2, 0.25) is 10.0 Å². The van der Waals surface area contributed by atoms with E-state index in [1.165, 1.54) is 19.3 Å². The maximum Gasteiger partial charge on any atom is 0.317 e. The van der Waals surface area contributed by atoms with Gasteiger partial charge in [0, 0.05) is 46.3 Å². The first-order chi connectivity index (χ1) is 14.8. The van der Waals surface area contributed by atoms with Crippen molar-refractivity contribution in [3.05, 3.63) is 28.2 Å². The van der Waals surface area contributed by atoms with Gasteiger partial charge < -0.3 is 20.2 Å². The maximum absolute atomic E-state index is 11.8. The highest BCUT2D eigenvalue weighted by Crippen LogP contribution is 2.33. The summed E-state index contributed by atoms with van der Waals surface area (Å²) in [6.45, 7) is 5.03. The number of anilines is 1. The van der Waals surface area contributed by atoms with E-state index in [0.29, 0.717) is 16.1 Å². The number of carbonyl (C=O) groups excluding carboxylic acids is 1. The van der Waals surface area contributed by atoms with Crippen LogP contribution in [0.3, 0.4) is 0 Å². The zero-order chi connectivity index (χ0) is 22.8. The molecule has 0 radical (unpaired) electrons. The van der Waals surface area contributed by atoms with Crippen molar-refractivity contribution in [1.82, 2.24) is 15.1 Å². The Labute approximate surface area is 207 Å². The van der Waals surface area contributed by atoms with Crippen LogP contribution in [0, 0.1) is 5.92 Å². The third-order valence-electron chi connectivity index (χ3n) is 6.08. The number of hydrogen-bond acceptors (Lipinski definition) is 4. The molecule has 2 fully saturated rings. The van der Waals surface area contributed by atoms with Gasteiger partial charge in [0.2, 0.25) is 0 Å². The first-order valence-corrected chi connectivity index (χ1v) is 11.6. The van der Waals surface area contributed by atoms with Crippen molar-refractivity contribution in [3.8, 4) is 0 Å². The molecule has 2 amide bonds. The molecule has 182 valence electrons. The highest BCUT2D eigenvalue weighted by molar-refractivity contribution is 6.43. The number of carbonyl (C=O) groups is 2. The summed E-state index contributed by atoms with van der Waals surface area (Å²) in [6, 6.07) is 6.23. The summed E-state index contributed by atoms with van der Waals surface area (Å²) in [5, 5.41) is 11.3. The molecule has 1 heterocycles. The van der Waals surface area contributed by atoms with E-state index in [1.54, 1.807) is 19.0 Å². The Bertz CT molecular complexity index is 708. The summed E-state index contributed by atoms with van der Waals surface area (Å²) in [5.74, 6) is 0.785. The van der Waals surface area contributed by atoms with E-state index in [1.807, 2.05) is 12.1 Å². The molecule has 0 unspecified atom stereocenters. The van der Waals surface area contributed by atoms with Crippen molar-refractivity contribution in [2.24, 2.45) is 5.92 Å². The average molecular weight is 510 g/mol. The first-order valence-electron chi connectivity index (χ1n) is 10.8. The smallest absolute Gasteiger partial charge is 0.317 e. The minimum Gasteiger partial charge on any atom is -0.483 e. The van der Waals surface area contributed by atoms with Gasteiger partial charge in [-0.3, -0.25) is 9.69 Å². The van der Waals surface area contributed by atoms with E-state index < -0.39 is 0 Å². The van der Waals surface area contributed by atoms with E-state index in [9.17, 15) is 4.79 Å². The molecule has 1 saturated carbocycles. The van der Waals surface area contributed by atoms with Gasteiger partial charge in [0.15, 0.2) is 0 Å². The van der Waals surface area contributed by atoms with Gasteiger partial charge in [0.1, 0.15) is 0 Å². The predicted octanol–water partition coefficient (Wildman–Crippen LogP) is 4.46. The lowest BCUT2D eigenvalue weighted by atomic mass is 9.84. The molecular formula is C22H35Cl3N4O3. The van der Waals surface area contributed by atoms with Crippen molar-refractivity contribution in [3.63, 3.8) is 0 Å². The topological polar surface area (TPSA) is 76.1 Å². The molecule has 1 aliphatic heterocycles. The summed E-state index contributed by atoms with van der Waals surface area (Å²) < 4.78 is 0. The van der Waals surface area contributed by atoms with E-state index in [0.717, 1.165) is 57.2 Å². The third kappa shape index (κ3) is 8.85. The van der Waals surface area contributed by atoms with Crippen molar-refractivity contribution in [1.29, 1.82) is 0 Å². The number of hydrogen-bond donors (Lipinski definition) is 2. The second-order valence-corrected chi connectivity index (χ2v) is 9.14. The molecule has 1 aromatic carbocycles. The molecule has 2 aliphatic rings. The number of carboxylic acid groups (broad SMARTS) is 1. The number of piperazine rings is 1. The Kier molecular flexibility index (Phi) is 13.1. The second-order valence-electron chi connectivity index (χ2n) is 8.36. The van der Waals surface area contributed by atoms with Crippen LogP contribution in [-0.4, -0.2) is 80.3 Å². The lowest BCUT2D eigenvalue weighted by molar-refractivity contribution is -0.122. The first kappa shape index (κ1) is 28.6. The molecule has 32 heavy (non-hydrogen) atoms. The van der Waals surface area contributed by atoms with Crippen LogP contribution < -0.4 is 10.2 Å². The van der Waals surface area contributed by atoms with Crippen LogP contribution in [0.5, 0.6) is 0 Å². The average Bonchev–Trinajstić information content (AvgIpc) is 2.76. The summed E-state index contributed by atoms with van der Waals surface area (Å²) in [7, 11) is 3.59. The van der Waals surface area contributed by atoms with Gasteiger partial charge in [-0.2, -0.15) is 0 Å². The van der Waals surface area contributed by atoms with Gasteiger partial charge in [-0.15, -0.1) is 12.4 Å². The largest absolute Gasteiger partial charge is 0.483 e. The lowest BCUT2D eigenvalue weighted by Crippen LogP contribution is -2.47. The number of nitrogens with one attached hydrogen (secondary N) is 1. The fourth-order valence-corrected chi connectivity index (χ4v) is 4.63. The normalized spacial score (nSPS) is 20.9. The molecule has 1 aromatic rings. The van der Waals surface area contributed by atoms with Gasteiger partial charge in [-0.1, -0.05) is 29.3 Å². The molecule has 1 saturated heterocycles. The molecule has 0 aromatic heterocycles. The highest BCUT2D eigenvalue weighted by atomic mass is 35.5. The Morgan fingerprint density at radius 1 is 1.16 bits per heavy atom. The molecular weight excluding hydrogens is 475 g/mol. The van der Waals surface area contributed by atoms with E-state index in [2.05, 4.69) is 21.2 Å². The Balaban J connectivity index is 0.00000121. The molecule has 0 atom stereocenters. The standard InChI is InChI=1S/C21H32Cl2N4O.CH2O2.ClH/c1-25(2)21(28)24-17-8-6-16(7-9-17)10-11-26-12-14-27(15-13-26)19-5-3-4-18(22)20(19)23;2-1-3;/h3-5,16-17H,6-15H2,1-2H3,(H,24,28);1H,(H,2,3);1H/t16-,17-;;. The van der Waals surface area contributed by atoms with Crippen molar-refractivity contribution in [2.45, 2.75) is 38.1 Å². The van der Waals surface area contributed by atoms with Crippen LogP contribution in [-0.2, 0) is 4.79 Å². The molecule has 7 nitrogen and oxygen atoms in total. The van der Waals surface area contributed by atoms with Crippen LogP contribution >= 0.6 is 35.6 Å². The second kappa shape index (κ2) is 14.7. The van der Waals surface area contributed by atoms with Gasteiger partial charge in [0.05, 0.1) is 15.7 Å². The number of amides is 2. The highest BCUT2D eigenvalue weighted by Gasteiger charge is 2.24. The summed E-state index contributed by atoms with van der Waals surface area (Å²) >= 11 is 12.5. The zero-order valence-electron chi connectivity index (χ0n) is 18.8. The molecule has 0 bridgehead atoms. The Hall–Kier alpha value is -1.41. The van der Waals surface area contributed by atoms with Gasteiger partial charge in [-0.05, 0) is 56.7 Å². The van der Waals surface area contributed by atoms with E-state index >= 15 is 0 Å². The third-order valence-corrected chi connectivity index (χ3v) is 6.89. The van der Waals surface area contributed by atoms with Gasteiger partial charge in [-0.25, -0.2) is 4.79 Å². The lowest BCUT2D eigenvalue weighted by Gasteiger charge is -2.37. The van der Waals surface area contributed by atoms with Crippen LogP contribution in [0.1, 0.15) is 32.1 Å². The van der Waals surface area contributed by atoms with Gasteiger partial charge in [0.25, 0.3) is 6.47 Å². The molecule has 1 aliphatic carbocycles. The van der Waals surface area contributed by atoms with Crippen molar-refractivity contribution >= 4 is 53.8 Å². The predicted molar refractivity (Wildman–Crippen MR) is 134 cm³/mol. The number of urea groups is 1. The minimum atomic E-state index is -0.250. The molecule has 10 heteroatoms. The zero-order valence-corrected chi connectivity index (χ0v) is 21.1. The fraction of sp³-hybridized carbons (Fsp3) is 0.636. The number of halogens is 3. The SMILES string of the molecule is CN(C)C(=O)N[C@H]1CC[C@H](CCN2CCN(c3cccc(Cl)c3Cl)CC2)CC1.Cl.O=CO. The molecule has 0 spiro atoms. The molecule has 3 rings (SSSR count). The number of rotatable bonds is 5. The summed E-state index contributed by atoms with van der Waals surface area (Å²) in [6.07, 6.45) is 5.90. The van der Waals surface area contributed by atoms with Crippen LogP contribution in [0.4, 0.5) is 10.5 Å². The van der Waals surface area contributed by atoms with Crippen LogP contribution in [0.25, 0.3) is 0 Å². The van der Waals surface area contributed by atoms with Gasteiger partial charge >= 0.3 is 6.03 Å². The summed E-state index contributed by atoms with van der Waals surface area (Å²) in [4.78, 5) is 26.7. The minimum absolute atomic E-state index is 0. The number of nitrogens with zero attached hydrogens (tertiary/aromatic N) is 3. The Morgan fingerprint density at radius 3 is 2.31 bits per heavy atom. The maximum atomic E-state index is 11.8. The number of benzene rings is 1. The monoisotopic (exact) mass is 508 g/mol. The van der Waals surface area contributed by atoms with Crippen molar-refractivity contribution < 1.29 is 14.7 Å². The summed E-state index contributed by atoms with van der Waals surface area (Å²) in [5.41, 5.74) is 1.05. The van der Waals surface area contributed by atoms with Crippen LogP contribution in [0.15, 0.2) is 18.2 Å². The fourth-order valence-electron chi connectivity index (χ4n) is 4.21. The van der Waals surface area contributed by atoms with E-state index in [-0.39, 0.29) is 24.9 Å². The van der Waals surface area contributed by atoms with E-state index in [4.69, 9.17) is 33.1 Å².